The normalized spacial score (nSPS) is 17.5. The molecule has 0 radical (unpaired) electrons. The summed E-state index contributed by atoms with van der Waals surface area (Å²) in [6, 6.07) is 0.166. The second-order valence-electron chi connectivity index (χ2n) is 6.31. The summed E-state index contributed by atoms with van der Waals surface area (Å²) < 4.78 is 10.7. The predicted octanol–water partition coefficient (Wildman–Crippen LogP) is 1.76. The average Bonchev–Trinajstić information content (AvgIpc) is 2.47. The van der Waals surface area contributed by atoms with Gasteiger partial charge in [-0.25, -0.2) is 4.79 Å². The zero-order valence-corrected chi connectivity index (χ0v) is 14.2. The van der Waals surface area contributed by atoms with Gasteiger partial charge in [0.2, 0.25) is 0 Å². The highest BCUT2D eigenvalue weighted by molar-refractivity contribution is 5.74. The zero-order chi connectivity index (χ0) is 16.4. The van der Waals surface area contributed by atoms with E-state index in [0.29, 0.717) is 13.2 Å². The van der Waals surface area contributed by atoms with Crippen molar-refractivity contribution >= 4 is 6.03 Å². The third-order valence-electron chi connectivity index (χ3n) is 3.75. The number of hydrogen-bond acceptors (Lipinski definition) is 4. The van der Waals surface area contributed by atoms with Gasteiger partial charge < -0.3 is 24.8 Å². The van der Waals surface area contributed by atoms with Gasteiger partial charge in [0.25, 0.3) is 0 Å². The Balaban J connectivity index is 2.11. The maximum atomic E-state index is 12.0. The number of nitrogens with zero attached hydrogens (tertiary/aromatic N) is 1. The molecule has 0 aromatic heterocycles. The van der Waals surface area contributed by atoms with E-state index in [-0.39, 0.29) is 31.3 Å². The molecule has 6 nitrogen and oxygen atoms in total. The molecule has 0 saturated heterocycles. The van der Waals surface area contributed by atoms with E-state index in [0.717, 1.165) is 12.8 Å². The Bertz CT molecular complexity index is 307. The molecule has 1 aliphatic carbocycles. The van der Waals surface area contributed by atoms with Crippen molar-refractivity contribution in [1.29, 1.82) is 0 Å². The van der Waals surface area contributed by atoms with E-state index < -0.39 is 6.10 Å². The number of carbonyl (C=O) groups excluding carboxylic acids is 1. The minimum atomic E-state index is -0.679. The zero-order valence-electron chi connectivity index (χ0n) is 14.2. The van der Waals surface area contributed by atoms with Gasteiger partial charge in [-0.2, -0.15) is 0 Å². The number of aliphatic hydroxyl groups is 1. The van der Waals surface area contributed by atoms with Crippen molar-refractivity contribution in [2.75, 3.05) is 33.4 Å². The van der Waals surface area contributed by atoms with E-state index in [1.54, 1.807) is 7.05 Å². The molecule has 22 heavy (non-hydrogen) atoms. The van der Waals surface area contributed by atoms with Crippen LogP contribution in [0.3, 0.4) is 0 Å². The summed E-state index contributed by atoms with van der Waals surface area (Å²) in [5.41, 5.74) is 0. The van der Waals surface area contributed by atoms with Crippen LogP contribution in [-0.4, -0.2) is 67.7 Å². The van der Waals surface area contributed by atoms with Gasteiger partial charge in [-0.3, -0.25) is 0 Å². The number of aliphatic hydroxyl groups excluding tert-OH is 1. The van der Waals surface area contributed by atoms with E-state index in [1.807, 2.05) is 13.8 Å². The number of hydrogen-bond donors (Lipinski definition) is 2. The lowest BCUT2D eigenvalue weighted by Crippen LogP contribution is -2.46. The van der Waals surface area contributed by atoms with E-state index in [1.165, 1.54) is 24.2 Å². The molecule has 2 N–H and O–H groups in total. The number of rotatable bonds is 9. The lowest BCUT2D eigenvalue weighted by Gasteiger charge is -2.27. The minimum absolute atomic E-state index is 0.117. The second-order valence-corrected chi connectivity index (χ2v) is 6.31. The number of nitrogens with one attached hydrogen (secondary N) is 1. The van der Waals surface area contributed by atoms with Crippen LogP contribution in [0.2, 0.25) is 0 Å². The van der Waals surface area contributed by atoms with Crippen molar-refractivity contribution in [1.82, 2.24) is 10.2 Å². The summed E-state index contributed by atoms with van der Waals surface area (Å²) in [4.78, 5) is 13.6. The van der Waals surface area contributed by atoms with Crippen molar-refractivity contribution in [3.8, 4) is 0 Å². The summed E-state index contributed by atoms with van der Waals surface area (Å²) in [5, 5.41) is 12.9. The summed E-state index contributed by atoms with van der Waals surface area (Å²) in [6.45, 7) is 5.38. The van der Waals surface area contributed by atoms with Crippen molar-refractivity contribution in [3.05, 3.63) is 0 Å². The van der Waals surface area contributed by atoms with Gasteiger partial charge in [0.05, 0.1) is 38.6 Å². The lowest BCUT2D eigenvalue weighted by atomic mass is 9.96. The fraction of sp³-hybridized carbons (Fsp3) is 0.938. The lowest BCUT2D eigenvalue weighted by molar-refractivity contribution is -0.0148. The van der Waals surface area contributed by atoms with Crippen LogP contribution in [0.5, 0.6) is 0 Å². The molecule has 0 heterocycles. The number of likely N-dealkylation sites (N-methyl/N-ethyl adjacent to an activating group) is 1. The van der Waals surface area contributed by atoms with Crippen LogP contribution in [0, 0.1) is 0 Å². The molecule has 1 rings (SSSR count). The van der Waals surface area contributed by atoms with Crippen LogP contribution in [0.25, 0.3) is 0 Å². The number of ether oxygens (including phenoxy) is 2. The van der Waals surface area contributed by atoms with Crippen LogP contribution in [0.1, 0.15) is 46.0 Å². The molecular formula is C16H32N2O4. The Labute approximate surface area is 134 Å². The summed E-state index contributed by atoms with van der Waals surface area (Å²) >= 11 is 0. The molecule has 6 heteroatoms. The van der Waals surface area contributed by atoms with E-state index in [2.05, 4.69) is 5.32 Å². The van der Waals surface area contributed by atoms with E-state index in [4.69, 9.17) is 9.47 Å². The molecule has 130 valence electrons. The molecule has 0 aromatic carbocycles. The maximum Gasteiger partial charge on any atom is 0.317 e. The highest BCUT2D eigenvalue weighted by Crippen LogP contribution is 2.17. The van der Waals surface area contributed by atoms with Gasteiger partial charge in [0, 0.05) is 13.1 Å². The fourth-order valence-electron chi connectivity index (χ4n) is 2.55. The molecule has 0 unspecified atom stereocenters. The Morgan fingerprint density at radius 1 is 1.27 bits per heavy atom. The molecule has 1 fully saturated rings. The minimum Gasteiger partial charge on any atom is -0.389 e. The van der Waals surface area contributed by atoms with Crippen LogP contribution in [-0.2, 0) is 9.47 Å². The SMILES string of the molecule is CC(C)OCCOC[C@H](O)CN(C)C(=O)NC1CCCCC1. The fourth-order valence-corrected chi connectivity index (χ4v) is 2.55. The Morgan fingerprint density at radius 2 is 1.95 bits per heavy atom. The Kier molecular flexibility index (Phi) is 9.43. The molecule has 0 aromatic rings. The molecule has 0 bridgehead atoms. The average molecular weight is 316 g/mol. The number of urea groups is 1. The summed E-state index contributed by atoms with van der Waals surface area (Å²) in [7, 11) is 1.70. The Hall–Kier alpha value is -0.850. The van der Waals surface area contributed by atoms with Crippen LogP contribution >= 0.6 is 0 Å². The largest absolute Gasteiger partial charge is 0.389 e. The molecule has 2 amide bonds. The topological polar surface area (TPSA) is 71.0 Å². The van der Waals surface area contributed by atoms with Crippen molar-refractivity contribution in [2.24, 2.45) is 0 Å². The highest BCUT2D eigenvalue weighted by atomic mass is 16.5. The van der Waals surface area contributed by atoms with Gasteiger partial charge in [-0.15, -0.1) is 0 Å². The van der Waals surface area contributed by atoms with Gasteiger partial charge >= 0.3 is 6.03 Å². The third kappa shape index (κ3) is 8.56. The highest BCUT2D eigenvalue weighted by Gasteiger charge is 2.19. The summed E-state index contributed by atoms with van der Waals surface area (Å²) in [6.07, 6.45) is 5.25. The molecule has 0 spiro atoms. The smallest absolute Gasteiger partial charge is 0.317 e. The first-order chi connectivity index (χ1) is 10.5. The van der Waals surface area contributed by atoms with Crippen LogP contribution < -0.4 is 5.32 Å². The van der Waals surface area contributed by atoms with Crippen molar-refractivity contribution in [3.63, 3.8) is 0 Å². The van der Waals surface area contributed by atoms with Gasteiger partial charge in [0.15, 0.2) is 0 Å². The van der Waals surface area contributed by atoms with E-state index in [9.17, 15) is 9.90 Å². The molecule has 1 saturated carbocycles. The van der Waals surface area contributed by atoms with Gasteiger partial charge in [0.1, 0.15) is 0 Å². The monoisotopic (exact) mass is 316 g/mol. The number of amides is 2. The van der Waals surface area contributed by atoms with Crippen molar-refractivity contribution in [2.45, 2.75) is 64.2 Å². The first kappa shape index (κ1) is 19.2. The molecular weight excluding hydrogens is 284 g/mol. The second kappa shape index (κ2) is 10.8. The summed E-state index contributed by atoms with van der Waals surface area (Å²) in [5.74, 6) is 0. The standard InChI is InChI=1S/C16H32N2O4/c1-13(2)22-10-9-21-12-15(19)11-18(3)16(20)17-14-7-5-4-6-8-14/h13-15,19H,4-12H2,1-3H3,(H,17,20)/t15-/m1/s1. The van der Waals surface area contributed by atoms with Crippen molar-refractivity contribution < 1.29 is 19.4 Å². The molecule has 0 aliphatic heterocycles. The molecule has 1 aliphatic rings. The van der Waals surface area contributed by atoms with Crippen LogP contribution in [0.4, 0.5) is 4.79 Å². The Morgan fingerprint density at radius 3 is 2.59 bits per heavy atom. The molecule has 1 atom stereocenters. The predicted molar refractivity (Wildman–Crippen MR) is 85.9 cm³/mol. The first-order valence-corrected chi connectivity index (χ1v) is 8.38. The van der Waals surface area contributed by atoms with Gasteiger partial charge in [-0.05, 0) is 26.7 Å². The number of carbonyl (C=O) groups is 1. The first-order valence-electron chi connectivity index (χ1n) is 8.38. The van der Waals surface area contributed by atoms with Crippen LogP contribution in [0.15, 0.2) is 0 Å². The third-order valence-corrected chi connectivity index (χ3v) is 3.75. The maximum absolute atomic E-state index is 12.0. The van der Waals surface area contributed by atoms with Gasteiger partial charge in [-0.1, -0.05) is 19.3 Å². The van der Waals surface area contributed by atoms with E-state index >= 15 is 0 Å². The quantitative estimate of drug-likeness (QED) is 0.636.